The third-order valence-electron chi connectivity index (χ3n) is 2.90. The largest absolute Gasteiger partial charge is 0.312 e. The van der Waals surface area contributed by atoms with Crippen LogP contribution in [-0.2, 0) is 6.42 Å². The highest BCUT2D eigenvalue weighted by atomic mass is 79.9. The van der Waals surface area contributed by atoms with Gasteiger partial charge in [-0.2, -0.15) is 0 Å². The lowest BCUT2D eigenvalue weighted by Crippen LogP contribution is -2.17. The van der Waals surface area contributed by atoms with Crippen LogP contribution in [0.3, 0.4) is 0 Å². The molecule has 1 N–H and O–H groups in total. The highest BCUT2D eigenvalue weighted by Gasteiger charge is 2.14. The van der Waals surface area contributed by atoms with Gasteiger partial charge in [-0.05, 0) is 60.1 Å². The van der Waals surface area contributed by atoms with Crippen molar-refractivity contribution in [1.29, 1.82) is 0 Å². The third kappa shape index (κ3) is 3.19. The van der Waals surface area contributed by atoms with Crippen LogP contribution in [0.4, 0.5) is 4.39 Å². The van der Waals surface area contributed by atoms with Crippen molar-refractivity contribution < 1.29 is 4.39 Å². The van der Waals surface area contributed by atoms with Crippen LogP contribution in [0.25, 0.3) is 0 Å². The maximum atomic E-state index is 13.2. The summed E-state index contributed by atoms with van der Waals surface area (Å²) in [6, 6.07) is 9.15. The van der Waals surface area contributed by atoms with E-state index in [0.717, 1.165) is 16.5 Å². The van der Waals surface area contributed by atoms with E-state index in [4.69, 9.17) is 0 Å². The number of likely N-dealkylation sites (N-methyl/N-ethyl adjacent to an activating group) is 1. The van der Waals surface area contributed by atoms with Gasteiger partial charge in [-0.1, -0.05) is 12.1 Å². The number of halogens is 2. The number of aryl methyl sites for hydroxylation is 1. The molecule has 2 rings (SSSR count). The lowest BCUT2D eigenvalue weighted by Gasteiger charge is -2.14. The first-order valence-electron chi connectivity index (χ1n) is 5.77. The highest BCUT2D eigenvalue weighted by molar-refractivity contribution is 9.10. The molecule has 18 heavy (non-hydrogen) atoms. The van der Waals surface area contributed by atoms with Gasteiger partial charge in [0, 0.05) is 20.3 Å². The minimum atomic E-state index is -0.175. The molecule has 1 heterocycles. The predicted octanol–water partition coefficient (Wildman–Crippen LogP) is 4.46. The van der Waals surface area contributed by atoms with Gasteiger partial charge in [-0.15, -0.1) is 11.3 Å². The van der Waals surface area contributed by atoms with E-state index in [9.17, 15) is 4.39 Å². The van der Waals surface area contributed by atoms with Crippen molar-refractivity contribution in [3.63, 3.8) is 0 Å². The second-order valence-corrected chi connectivity index (χ2v) is 6.37. The van der Waals surface area contributed by atoms with Crippen molar-refractivity contribution >= 4 is 27.3 Å². The van der Waals surface area contributed by atoms with Gasteiger partial charge >= 0.3 is 0 Å². The van der Waals surface area contributed by atoms with E-state index >= 15 is 0 Å². The molecule has 0 saturated heterocycles. The van der Waals surface area contributed by atoms with E-state index < -0.39 is 0 Å². The Bertz CT molecular complexity index is 519. The Balaban J connectivity index is 2.19. The molecule has 0 aliphatic heterocycles. The standard InChI is InChI=1S/C14H15BrFNS/c1-9-12(15)8-14(18-9)13(17-2)7-10-4-3-5-11(16)6-10/h3-6,8,13,17H,7H2,1-2H3. The van der Waals surface area contributed by atoms with Crippen molar-refractivity contribution in [2.75, 3.05) is 7.05 Å². The van der Waals surface area contributed by atoms with Crippen molar-refractivity contribution in [3.05, 3.63) is 55.9 Å². The number of rotatable bonds is 4. The molecular weight excluding hydrogens is 313 g/mol. The lowest BCUT2D eigenvalue weighted by atomic mass is 10.0. The van der Waals surface area contributed by atoms with Crippen molar-refractivity contribution in [2.45, 2.75) is 19.4 Å². The average Bonchev–Trinajstić information content (AvgIpc) is 2.66. The Labute approximate surface area is 119 Å². The first kappa shape index (κ1) is 13.7. The van der Waals surface area contributed by atoms with Gasteiger partial charge in [0.25, 0.3) is 0 Å². The summed E-state index contributed by atoms with van der Waals surface area (Å²) in [6.45, 7) is 2.09. The van der Waals surface area contributed by atoms with Crippen LogP contribution < -0.4 is 5.32 Å². The Kier molecular flexibility index (Phi) is 4.54. The molecule has 0 bridgehead atoms. The Morgan fingerprint density at radius 3 is 2.72 bits per heavy atom. The topological polar surface area (TPSA) is 12.0 Å². The van der Waals surface area contributed by atoms with Gasteiger partial charge in [0.2, 0.25) is 0 Å². The number of hydrogen-bond donors (Lipinski definition) is 1. The first-order chi connectivity index (χ1) is 8.60. The summed E-state index contributed by atoms with van der Waals surface area (Å²) >= 11 is 5.30. The van der Waals surface area contributed by atoms with Crippen LogP contribution in [0, 0.1) is 12.7 Å². The average molecular weight is 328 g/mol. The summed E-state index contributed by atoms with van der Waals surface area (Å²) < 4.78 is 14.3. The van der Waals surface area contributed by atoms with Crippen LogP contribution in [0.1, 0.15) is 21.4 Å². The number of thiophene rings is 1. The fourth-order valence-corrected chi connectivity index (χ4v) is 3.57. The molecule has 1 aromatic heterocycles. The molecule has 0 amide bonds. The molecule has 0 spiro atoms. The second kappa shape index (κ2) is 5.95. The van der Waals surface area contributed by atoms with E-state index in [2.05, 4.69) is 34.2 Å². The van der Waals surface area contributed by atoms with Crippen LogP contribution in [0.5, 0.6) is 0 Å². The van der Waals surface area contributed by atoms with Gasteiger partial charge in [0.1, 0.15) is 5.82 Å². The minimum Gasteiger partial charge on any atom is -0.312 e. The lowest BCUT2D eigenvalue weighted by molar-refractivity contribution is 0.592. The quantitative estimate of drug-likeness (QED) is 0.874. The summed E-state index contributed by atoms with van der Waals surface area (Å²) in [6.07, 6.45) is 0.792. The van der Waals surface area contributed by atoms with Crippen LogP contribution in [0.2, 0.25) is 0 Å². The number of hydrogen-bond acceptors (Lipinski definition) is 2. The Morgan fingerprint density at radius 2 is 2.17 bits per heavy atom. The molecule has 0 aliphatic carbocycles. The molecule has 1 atom stereocenters. The van der Waals surface area contributed by atoms with Crippen LogP contribution >= 0.6 is 27.3 Å². The molecule has 2 aromatic rings. The van der Waals surface area contributed by atoms with Gasteiger partial charge in [0.05, 0.1) is 0 Å². The molecule has 1 aromatic carbocycles. The maximum absolute atomic E-state index is 13.2. The minimum absolute atomic E-state index is 0.175. The maximum Gasteiger partial charge on any atom is 0.123 e. The third-order valence-corrected chi connectivity index (χ3v) is 5.15. The second-order valence-electron chi connectivity index (χ2n) is 4.23. The summed E-state index contributed by atoms with van der Waals surface area (Å²) in [5.74, 6) is -0.175. The smallest absolute Gasteiger partial charge is 0.123 e. The van der Waals surface area contributed by atoms with Gasteiger partial charge < -0.3 is 5.32 Å². The van der Waals surface area contributed by atoms with E-state index in [1.807, 2.05) is 13.1 Å². The highest BCUT2D eigenvalue weighted by Crippen LogP contribution is 2.32. The van der Waals surface area contributed by atoms with Gasteiger partial charge in [0.15, 0.2) is 0 Å². The Hall–Kier alpha value is -0.710. The zero-order chi connectivity index (χ0) is 13.1. The summed E-state index contributed by atoms with van der Waals surface area (Å²) in [5, 5.41) is 3.29. The van der Waals surface area contributed by atoms with Crippen molar-refractivity contribution in [3.8, 4) is 0 Å². The fraction of sp³-hybridized carbons (Fsp3) is 0.286. The molecule has 0 radical (unpaired) electrons. The summed E-state index contributed by atoms with van der Waals surface area (Å²) in [5.41, 5.74) is 1.01. The SMILES string of the molecule is CNC(Cc1cccc(F)c1)c1cc(Br)c(C)s1. The van der Waals surface area contributed by atoms with Crippen LogP contribution in [0.15, 0.2) is 34.8 Å². The van der Waals surface area contributed by atoms with Crippen molar-refractivity contribution in [2.24, 2.45) is 0 Å². The molecule has 0 aliphatic rings. The monoisotopic (exact) mass is 327 g/mol. The zero-order valence-electron chi connectivity index (χ0n) is 10.3. The number of nitrogens with one attached hydrogen (secondary N) is 1. The van der Waals surface area contributed by atoms with E-state index in [1.165, 1.54) is 15.8 Å². The van der Waals surface area contributed by atoms with Gasteiger partial charge in [-0.3, -0.25) is 0 Å². The van der Waals surface area contributed by atoms with Crippen molar-refractivity contribution in [1.82, 2.24) is 5.32 Å². The fourth-order valence-electron chi connectivity index (χ4n) is 1.90. The van der Waals surface area contributed by atoms with E-state index in [0.29, 0.717) is 0 Å². The van der Waals surface area contributed by atoms with Gasteiger partial charge in [-0.25, -0.2) is 4.39 Å². The predicted molar refractivity (Wildman–Crippen MR) is 78.7 cm³/mol. The molecule has 1 unspecified atom stereocenters. The zero-order valence-corrected chi connectivity index (χ0v) is 12.7. The molecular formula is C14H15BrFNS. The molecule has 4 heteroatoms. The van der Waals surface area contributed by atoms with E-state index in [1.54, 1.807) is 23.5 Å². The normalized spacial score (nSPS) is 12.7. The molecule has 0 fully saturated rings. The molecule has 96 valence electrons. The van der Waals surface area contributed by atoms with E-state index in [-0.39, 0.29) is 11.9 Å². The first-order valence-corrected chi connectivity index (χ1v) is 7.38. The summed E-state index contributed by atoms with van der Waals surface area (Å²) in [7, 11) is 1.94. The molecule has 1 nitrogen and oxygen atoms in total. The summed E-state index contributed by atoms with van der Waals surface area (Å²) in [4.78, 5) is 2.54. The Morgan fingerprint density at radius 1 is 1.39 bits per heavy atom. The molecule has 0 saturated carbocycles. The van der Waals surface area contributed by atoms with Crippen LogP contribution in [-0.4, -0.2) is 7.05 Å². The number of benzene rings is 1.